The van der Waals surface area contributed by atoms with Gasteiger partial charge in [-0.1, -0.05) is 42.5 Å². The Bertz CT molecular complexity index is 565. The minimum absolute atomic E-state index is 0.164. The van der Waals surface area contributed by atoms with Crippen molar-refractivity contribution in [1.82, 2.24) is 5.32 Å². The molecule has 1 unspecified atom stereocenters. The molecular weight excluding hydrogens is 290 g/mol. The number of benzene rings is 2. The van der Waals surface area contributed by atoms with Crippen LogP contribution in [-0.2, 0) is 22.7 Å². The lowest BCUT2D eigenvalue weighted by Gasteiger charge is -2.23. The molecule has 4 heteroatoms. The minimum Gasteiger partial charge on any atom is -0.489 e. The Morgan fingerprint density at radius 1 is 0.957 bits per heavy atom. The highest BCUT2D eigenvalue weighted by atomic mass is 16.5. The summed E-state index contributed by atoms with van der Waals surface area (Å²) in [5.74, 6) is 0.873. The quantitative estimate of drug-likeness (QED) is 0.853. The Morgan fingerprint density at radius 3 is 2.48 bits per heavy atom. The first kappa shape index (κ1) is 16.0. The van der Waals surface area contributed by atoms with E-state index in [0.29, 0.717) is 19.8 Å². The van der Waals surface area contributed by atoms with Crippen LogP contribution < -0.4 is 10.1 Å². The highest BCUT2D eigenvalue weighted by Crippen LogP contribution is 2.15. The molecule has 1 N–H and O–H groups in total. The third-order valence-corrected chi connectivity index (χ3v) is 3.75. The second-order valence-corrected chi connectivity index (χ2v) is 5.63. The smallest absolute Gasteiger partial charge is 0.119 e. The average Bonchev–Trinajstić information content (AvgIpc) is 2.63. The molecule has 1 heterocycles. The molecule has 1 saturated heterocycles. The predicted octanol–water partition coefficient (Wildman–Crippen LogP) is 2.77. The summed E-state index contributed by atoms with van der Waals surface area (Å²) in [7, 11) is 0. The molecule has 2 aromatic rings. The summed E-state index contributed by atoms with van der Waals surface area (Å²) in [6.07, 6.45) is 0.164. The van der Waals surface area contributed by atoms with E-state index in [0.717, 1.165) is 31.0 Å². The number of hydrogen-bond acceptors (Lipinski definition) is 4. The van der Waals surface area contributed by atoms with Crippen molar-refractivity contribution in [3.8, 4) is 5.75 Å². The third-order valence-electron chi connectivity index (χ3n) is 3.75. The third kappa shape index (κ3) is 5.36. The van der Waals surface area contributed by atoms with E-state index in [9.17, 15) is 0 Å². The van der Waals surface area contributed by atoms with Crippen LogP contribution >= 0.6 is 0 Å². The fraction of sp³-hybridized carbons (Fsp3) is 0.368. The summed E-state index contributed by atoms with van der Waals surface area (Å²) in [6.45, 7) is 4.37. The van der Waals surface area contributed by atoms with Gasteiger partial charge in [0.05, 0.1) is 25.9 Å². The van der Waals surface area contributed by atoms with E-state index < -0.39 is 0 Å². The van der Waals surface area contributed by atoms with E-state index in [1.54, 1.807) is 0 Å². The van der Waals surface area contributed by atoms with Crippen molar-refractivity contribution >= 4 is 0 Å². The lowest BCUT2D eigenvalue weighted by Crippen LogP contribution is -2.40. The van der Waals surface area contributed by atoms with Crippen LogP contribution in [-0.4, -0.2) is 32.4 Å². The Balaban J connectivity index is 1.40. The van der Waals surface area contributed by atoms with Gasteiger partial charge in [-0.25, -0.2) is 0 Å². The summed E-state index contributed by atoms with van der Waals surface area (Å²) in [5, 5.41) is 3.30. The SMILES string of the molecule is c1ccc(COc2ccc(COCC3CNCCO3)cc2)cc1. The summed E-state index contributed by atoms with van der Waals surface area (Å²) in [4.78, 5) is 0. The minimum atomic E-state index is 0.164. The van der Waals surface area contributed by atoms with E-state index >= 15 is 0 Å². The molecule has 122 valence electrons. The molecule has 0 radical (unpaired) electrons. The van der Waals surface area contributed by atoms with Crippen molar-refractivity contribution in [3.63, 3.8) is 0 Å². The van der Waals surface area contributed by atoms with Crippen LogP contribution in [0.1, 0.15) is 11.1 Å². The van der Waals surface area contributed by atoms with E-state index in [4.69, 9.17) is 14.2 Å². The fourth-order valence-corrected chi connectivity index (χ4v) is 2.46. The van der Waals surface area contributed by atoms with Gasteiger partial charge >= 0.3 is 0 Å². The van der Waals surface area contributed by atoms with Crippen molar-refractivity contribution < 1.29 is 14.2 Å². The molecule has 1 atom stereocenters. The normalized spacial score (nSPS) is 17.8. The van der Waals surface area contributed by atoms with Crippen LogP contribution in [0.2, 0.25) is 0 Å². The number of nitrogens with one attached hydrogen (secondary N) is 1. The topological polar surface area (TPSA) is 39.7 Å². The van der Waals surface area contributed by atoms with Gasteiger partial charge in [0.25, 0.3) is 0 Å². The van der Waals surface area contributed by atoms with Gasteiger partial charge in [-0.3, -0.25) is 0 Å². The standard InChI is InChI=1S/C19H23NO3/c1-2-4-16(5-3-1)14-23-18-8-6-17(7-9-18)13-21-15-19-12-20-10-11-22-19/h1-9,19-20H,10-15H2. The van der Waals surface area contributed by atoms with Gasteiger partial charge in [0.1, 0.15) is 12.4 Å². The molecule has 0 amide bonds. The predicted molar refractivity (Wildman–Crippen MR) is 89.5 cm³/mol. The number of morpholine rings is 1. The van der Waals surface area contributed by atoms with E-state index in [-0.39, 0.29) is 6.10 Å². The van der Waals surface area contributed by atoms with Crippen molar-refractivity contribution in [1.29, 1.82) is 0 Å². The van der Waals surface area contributed by atoms with Gasteiger partial charge in [0.2, 0.25) is 0 Å². The highest BCUT2D eigenvalue weighted by Gasteiger charge is 2.12. The second-order valence-electron chi connectivity index (χ2n) is 5.63. The van der Waals surface area contributed by atoms with Crippen molar-refractivity contribution in [2.75, 3.05) is 26.3 Å². The van der Waals surface area contributed by atoms with E-state index in [2.05, 4.69) is 17.4 Å². The van der Waals surface area contributed by atoms with Gasteiger partial charge < -0.3 is 19.5 Å². The lowest BCUT2D eigenvalue weighted by atomic mass is 10.2. The Labute approximate surface area is 137 Å². The maximum Gasteiger partial charge on any atom is 0.119 e. The average molecular weight is 313 g/mol. The van der Waals surface area contributed by atoms with Gasteiger partial charge in [0, 0.05) is 13.1 Å². The molecule has 4 nitrogen and oxygen atoms in total. The fourth-order valence-electron chi connectivity index (χ4n) is 2.46. The summed E-state index contributed by atoms with van der Waals surface area (Å²) >= 11 is 0. The molecule has 0 bridgehead atoms. The van der Waals surface area contributed by atoms with Gasteiger partial charge in [-0.05, 0) is 23.3 Å². The largest absolute Gasteiger partial charge is 0.489 e. The van der Waals surface area contributed by atoms with Crippen LogP contribution in [0, 0.1) is 0 Å². The van der Waals surface area contributed by atoms with E-state index in [1.807, 2.05) is 42.5 Å². The maximum atomic E-state index is 5.78. The molecule has 0 aliphatic carbocycles. The monoisotopic (exact) mass is 313 g/mol. The molecule has 0 spiro atoms. The summed E-state index contributed by atoms with van der Waals surface area (Å²) in [6, 6.07) is 18.2. The first-order valence-electron chi connectivity index (χ1n) is 8.06. The zero-order chi connectivity index (χ0) is 15.7. The Kier molecular flexibility index (Phi) is 6.03. The van der Waals surface area contributed by atoms with Crippen molar-refractivity contribution in [2.24, 2.45) is 0 Å². The molecule has 1 fully saturated rings. The second kappa shape index (κ2) is 8.67. The summed E-state index contributed by atoms with van der Waals surface area (Å²) < 4.78 is 17.1. The van der Waals surface area contributed by atoms with Crippen molar-refractivity contribution in [2.45, 2.75) is 19.3 Å². The molecule has 0 aromatic heterocycles. The molecule has 1 aliphatic heterocycles. The zero-order valence-corrected chi connectivity index (χ0v) is 13.2. The van der Waals surface area contributed by atoms with Crippen LogP contribution in [0.5, 0.6) is 5.75 Å². The van der Waals surface area contributed by atoms with Crippen LogP contribution in [0.15, 0.2) is 54.6 Å². The highest BCUT2D eigenvalue weighted by molar-refractivity contribution is 5.27. The molecule has 23 heavy (non-hydrogen) atoms. The van der Waals surface area contributed by atoms with Crippen molar-refractivity contribution in [3.05, 3.63) is 65.7 Å². The maximum absolute atomic E-state index is 5.78. The molecule has 3 rings (SSSR count). The van der Waals surface area contributed by atoms with E-state index in [1.165, 1.54) is 5.56 Å². The Morgan fingerprint density at radius 2 is 1.74 bits per heavy atom. The first-order valence-corrected chi connectivity index (χ1v) is 8.06. The van der Waals surface area contributed by atoms with Crippen LogP contribution in [0.25, 0.3) is 0 Å². The molecule has 2 aromatic carbocycles. The molecular formula is C19H23NO3. The molecule has 0 saturated carbocycles. The van der Waals surface area contributed by atoms with Gasteiger partial charge in [-0.15, -0.1) is 0 Å². The first-order chi connectivity index (χ1) is 11.4. The van der Waals surface area contributed by atoms with Crippen LogP contribution in [0.4, 0.5) is 0 Å². The number of ether oxygens (including phenoxy) is 3. The lowest BCUT2D eigenvalue weighted by molar-refractivity contribution is -0.0357. The van der Waals surface area contributed by atoms with Crippen LogP contribution in [0.3, 0.4) is 0 Å². The number of hydrogen-bond donors (Lipinski definition) is 1. The number of rotatable bonds is 7. The molecule has 1 aliphatic rings. The van der Waals surface area contributed by atoms with Gasteiger partial charge in [0.15, 0.2) is 0 Å². The van der Waals surface area contributed by atoms with Gasteiger partial charge in [-0.2, -0.15) is 0 Å². The Hall–Kier alpha value is -1.88. The zero-order valence-electron chi connectivity index (χ0n) is 13.2. The summed E-state index contributed by atoms with van der Waals surface area (Å²) in [5.41, 5.74) is 2.31.